The Labute approximate surface area is 160 Å². The highest BCUT2D eigenvalue weighted by atomic mass is 16.5. The smallest absolute Gasteiger partial charge is 0.241 e. The van der Waals surface area contributed by atoms with E-state index >= 15 is 0 Å². The Bertz CT molecular complexity index is 730. The van der Waals surface area contributed by atoms with Crippen LogP contribution < -0.4 is 16.0 Å². The quantitative estimate of drug-likeness (QED) is 0.350. The van der Waals surface area contributed by atoms with E-state index in [0.717, 1.165) is 11.3 Å². The van der Waals surface area contributed by atoms with Crippen molar-refractivity contribution in [1.82, 2.24) is 25.7 Å². The first-order valence-corrected chi connectivity index (χ1v) is 9.04. The Morgan fingerprint density at radius 2 is 2.19 bits per heavy atom. The molecule has 0 aliphatic heterocycles. The monoisotopic (exact) mass is 372 g/mol. The number of guanidine groups is 1. The van der Waals surface area contributed by atoms with Gasteiger partial charge in [0.25, 0.3) is 0 Å². The number of aromatic nitrogens is 2. The van der Waals surface area contributed by atoms with Crippen molar-refractivity contribution in [1.29, 1.82) is 0 Å². The molecule has 0 saturated heterocycles. The van der Waals surface area contributed by atoms with Crippen LogP contribution in [-0.2, 0) is 9.53 Å². The van der Waals surface area contributed by atoms with Crippen LogP contribution in [0.5, 0.6) is 0 Å². The predicted molar refractivity (Wildman–Crippen MR) is 106 cm³/mol. The van der Waals surface area contributed by atoms with E-state index in [1.54, 1.807) is 13.3 Å². The van der Waals surface area contributed by atoms with E-state index in [1.807, 2.05) is 49.0 Å². The number of carbonyl (C=O) groups is 1. The molecule has 0 fully saturated rings. The second-order valence-electron chi connectivity index (χ2n) is 5.95. The molecule has 146 valence electrons. The zero-order valence-corrected chi connectivity index (χ0v) is 16.1. The molecule has 0 spiro atoms. The molecule has 8 nitrogen and oxygen atoms in total. The molecule has 8 heteroatoms. The van der Waals surface area contributed by atoms with Gasteiger partial charge in [-0.3, -0.25) is 4.79 Å². The molecule has 1 unspecified atom stereocenters. The number of aliphatic imine (C=N–C) groups is 1. The SMILES string of the molecule is CCNC(=NCC(=O)NCCOC)NC(C)c1cccc(-n2cccn2)c1. The first kappa shape index (κ1) is 20.4. The number of amides is 1. The predicted octanol–water partition coefficient (Wildman–Crippen LogP) is 1.25. The lowest BCUT2D eigenvalue weighted by Gasteiger charge is -2.19. The standard InChI is InChI=1S/C19H28N6O2/c1-4-20-19(22-14-18(26)21-10-12-27-3)24-15(2)16-7-5-8-17(13-16)25-11-6-9-23-25/h5-9,11,13,15H,4,10,12,14H2,1-3H3,(H,21,26)(H2,20,22,24). The van der Waals surface area contributed by atoms with Crippen LogP contribution in [0.2, 0.25) is 0 Å². The maximum absolute atomic E-state index is 11.8. The van der Waals surface area contributed by atoms with Gasteiger partial charge in [-0.2, -0.15) is 5.10 Å². The lowest BCUT2D eigenvalue weighted by molar-refractivity contribution is -0.119. The number of carbonyl (C=O) groups excluding carboxylic acids is 1. The fourth-order valence-electron chi connectivity index (χ4n) is 2.47. The summed E-state index contributed by atoms with van der Waals surface area (Å²) in [6.07, 6.45) is 3.66. The third-order valence-corrected chi connectivity index (χ3v) is 3.85. The Balaban J connectivity index is 1.99. The lowest BCUT2D eigenvalue weighted by Crippen LogP contribution is -2.40. The molecule has 1 aromatic carbocycles. The van der Waals surface area contributed by atoms with Crippen LogP contribution in [0.15, 0.2) is 47.7 Å². The van der Waals surface area contributed by atoms with Gasteiger partial charge in [0.1, 0.15) is 6.54 Å². The molecule has 0 aliphatic rings. The van der Waals surface area contributed by atoms with Crippen LogP contribution in [0.4, 0.5) is 0 Å². The van der Waals surface area contributed by atoms with Gasteiger partial charge in [0.2, 0.25) is 5.91 Å². The van der Waals surface area contributed by atoms with Crippen molar-refractivity contribution in [2.24, 2.45) is 4.99 Å². The van der Waals surface area contributed by atoms with Crippen LogP contribution >= 0.6 is 0 Å². The number of hydrogen-bond acceptors (Lipinski definition) is 4. The summed E-state index contributed by atoms with van der Waals surface area (Å²) in [6.45, 7) is 5.76. The minimum atomic E-state index is -0.141. The van der Waals surface area contributed by atoms with Crippen LogP contribution in [0, 0.1) is 0 Å². The second kappa shape index (κ2) is 11.0. The Kier molecular flexibility index (Phi) is 8.31. The number of methoxy groups -OCH3 is 1. The Morgan fingerprint density at radius 3 is 2.89 bits per heavy atom. The van der Waals surface area contributed by atoms with Gasteiger partial charge in [-0.05, 0) is 37.6 Å². The van der Waals surface area contributed by atoms with Crippen molar-refractivity contribution in [3.63, 3.8) is 0 Å². The molecule has 1 atom stereocenters. The second-order valence-corrected chi connectivity index (χ2v) is 5.95. The summed E-state index contributed by atoms with van der Waals surface area (Å²) in [5.74, 6) is 0.453. The van der Waals surface area contributed by atoms with Crippen molar-refractivity contribution in [3.05, 3.63) is 48.3 Å². The number of hydrogen-bond donors (Lipinski definition) is 3. The highest BCUT2D eigenvalue weighted by molar-refractivity contribution is 5.85. The summed E-state index contributed by atoms with van der Waals surface area (Å²) in [4.78, 5) is 16.2. The zero-order valence-electron chi connectivity index (χ0n) is 16.1. The van der Waals surface area contributed by atoms with E-state index in [9.17, 15) is 4.79 Å². The average molecular weight is 372 g/mol. The summed E-state index contributed by atoms with van der Waals surface area (Å²) in [5, 5.41) is 13.5. The van der Waals surface area contributed by atoms with Crippen molar-refractivity contribution in [3.8, 4) is 5.69 Å². The fourth-order valence-corrected chi connectivity index (χ4v) is 2.47. The fraction of sp³-hybridized carbons (Fsp3) is 0.421. The summed E-state index contributed by atoms with van der Waals surface area (Å²) >= 11 is 0. The van der Waals surface area contributed by atoms with Gasteiger partial charge in [-0.1, -0.05) is 12.1 Å². The van der Waals surface area contributed by atoms with Gasteiger partial charge in [-0.25, -0.2) is 9.67 Å². The van der Waals surface area contributed by atoms with Gasteiger partial charge in [0.05, 0.1) is 18.3 Å². The first-order chi connectivity index (χ1) is 13.1. The van der Waals surface area contributed by atoms with Crippen LogP contribution in [0.3, 0.4) is 0 Å². The summed E-state index contributed by atoms with van der Waals surface area (Å²) in [7, 11) is 1.60. The van der Waals surface area contributed by atoms with E-state index in [2.05, 4.69) is 32.1 Å². The average Bonchev–Trinajstić information content (AvgIpc) is 3.21. The topological polar surface area (TPSA) is 92.6 Å². The minimum absolute atomic E-state index is 0.00913. The van der Waals surface area contributed by atoms with Crippen LogP contribution in [0.1, 0.15) is 25.5 Å². The van der Waals surface area contributed by atoms with Crippen LogP contribution in [-0.4, -0.2) is 55.0 Å². The van der Waals surface area contributed by atoms with Crippen molar-refractivity contribution < 1.29 is 9.53 Å². The highest BCUT2D eigenvalue weighted by Gasteiger charge is 2.10. The molecule has 2 aromatic rings. The van der Waals surface area contributed by atoms with E-state index in [4.69, 9.17) is 4.74 Å². The Morgan fingerprint density at radius 1 is 1.33 bits per heavy atom. The number of nitrogens with zero attached hydrogens (tertiary/aromatic N) is 3. The molecular weight excluding hydrogens is 344 g/mol. The third-order valence-electron chi connectivity index (χ3n) is 3.85. The van der Waals surface area contributed by atoms with Crippen molar-refractivity contribution >= 4 is 11.9 Å². The lowest BCUT2D eigenvalue weighted by atomic mass is 10.1. The van der Waals surface area contributed by atoms with Crippen molar-refractivity contribution in [2.75, 3.05) is 33.4 Å². The normalized spacial score (nSPS) is 12.5. The first-order valence-electron chi connectivity index (χ1n) is 9.04. The number of nitrogens with one attached hydrogen (secondary N) is 3. The molecule has 3 N–H and O–H groups in total. The van der Waals surface area contributed by atoms with E-state index in [1.165, 1.54) is 0 Å². The molecule has 2 rings (SSSR count). The van der Waals surface area contributed by atoms with E-state index in [0.29, 0.717) is 25.7 Å². The molecule has 0 saturated carbocycles. The van der Waals surface area contributed by atoms with Gasteiger partial charge in [0.15, 0.2) is 5.96 Å². The summed E-state index contributed by atoms with van der Waals surface area (Å²) in [5.41, 5.74) is 2.09. The van der Waals surface area contributed by atoms with E-state index in [-0.39, 0.29) is 18.5 Å². The molecule has 0 radical (unpaired) electrons. The molecule has 0 bridgehead atoms. The largest absolute Gasteiger partial charge is 0.383 e. The van der Waals surface area contributed by atoms with Gasteiger partial charge in [0, 0.05) is 32.6 Å². The summed E-state index contributed by atoms with van der Waals surface area (Å²) in [6, 6.07) is 10.0. The zero-order chi connectivity index (χ0) is 19.5. The minimum Gasteiger partial charge on any atom is -0.383 e. The third kappa shape index (κ3) is 6.74. The molecule has 0 aliphatic carbocycles. The Hall–Kier alpha value is -2.87. The highest BCUT2D eigenvalue weighted by Crippen LogP contribution is 2.16. The van der Waals surface area contributed by atoms with Crippen molar-refractivity contribution in [2.45, 2.75) is 19.9 Å². The summed E-state index contributed by atoms with van der Waals surface area (Å²) < 4.78 is 6.73. The van der Waals surface area contributed by atoms with Gasteiger partial charge < -0.3 is 20.7 Å². The number of benzene rings is 1. The van der Waals surface area contributed by atoms with Gasteiger partial charge in [-0.15, -0.1) is 0 Å². The maximum Gasteiger partial charge on any atom is 0.241 e. The maximum atomic E-state index is 11.8. The van der Waals surface area contributed by atoms with Crippen LogP contribution in [0.25, 0.3) is 5.69 Å². The molecule has 1 heterocycles. The molecule has 27 heavy (non-hydrogen) atoms. The molecule has 1 amide bonds. The van der Waals surface area contributed by atoms with E-state index < -0.39 is 0 Å². The number of ether oxygens (including phenoxy) is 1. The molecule has 1 aromatic heterocycles. The van der Waals surface area contributed by atoms with Gasteiger partial charge >= 0.3 is 0 Å². The molecular formula is C19H28N6O2. The number of rotatable bonds is 9.